The van der Waals surface area contributed by atoms with Crippen LogP contribution < -0.4 is 11.1 Å². The summed E-state index contributed by atoms with van der Waals surface area (Å²) in [6.45, 7) is 0.648. The number of amides is 1. The third-order valence-electron chi connectivity index (χ3n) is 4.26. The Morgan fingerprint density at radius 2 is 2.10 bits per heavy atom. The molecule has 1 fully saturated rings. The topological polar surface area (TPSA) is 83.8 Å². The van der Waals surface area contributed by atoms with E-state index in [0.717, 1.165) is 55.4 Å². The minimum absolute atomic E-state index is 0.00426. The van der Waals surface area contributed by atoms with Crippen LogP contribution in [0.5, 0.6) is 0 Å². The molecule has 0 spiro atoms. The molecule has 1 aromatic heterocycles. The maximum absolute atomic E-state index is 12.1. The lowest BCUT2D eigenvalue weighted by molar-refractivity contribution is -0.126. The third kappa shape index (κ3) is 3.08. The number of hydrogen-bond acceptors (Lipinski definition) is 3. The number of H-pyrrole nitrogens is 1. The standard InChI is InChI=1S/C16H22N4O/c17-16(9-3-4-10-16)15(21)18-11-5-8-14-19-12-6-1-2-7-13(12)20-14/h1-2,6-7H,3-5,8-11,17H2,(H,18,21)(H,19,20). The van der Waals surface area contributed by atoms with Crippen LogP contribution in [0.3, 0.4) is 0 Å². The number of hydrogen-bond donors (Lipinski definition) is 3. The molecule has 0 aliphatic heterocycles. The fourth-order valence-electron chi connectivity index (χ4n) is 2.99. The second-order valence-corrected chi connectivity index (χ2v) is 5.92. The lowest BCUT2D eigenvalue weighted by Crippen LogP contribution is -2.52. The molecule has 1 amide bonds. The van der Waals surface area contributed by atoms with Gasteiger partial charge in [-0.3, -0.25) is 4.79 Å². The van der Waals surface area contributed by atoms with Crippen molar-refractivity contribution >= 4 is 16.9 Å². The molecule has 0 unspecified atom stereocenters. The number of aryl methyl sites for hydroxylation is 1. The largest absolute Gasteiger partial charge is 0.354 e. The van der Waals surface area contributed by atoms with Crippen LogP contribution in [0.4, 0.5) is 0 Å². The number of fused-ring (bicyclic) bond motifs is 1. The molecule has 112 valence electrons. The highest BCUT2D eigenvalue weighted by atomic mass is 16.2. The average molecular weight is 286 g/mol. The molecule has 1 aliphatic rings. The molecule has 21 heavy (non-hydrogen) atoms. The van der Waals surface area contributed by atoms with E-state index in [4.69, 9.17) is 5.73 Å². The number of nitrogens with zero attached hydrogens (tertiary/aromatic N) is 1. The van der Waals surface area contributed by atoms with Gasteiger partial charge in [0.15, 0.2) is 0 Å². The Morgan fingerprint density at radius 3 is 2.86 bits per heavy atom. The number of carbonyl (C=O) groups is 1. The number of imidazole rings is 1. The highest BCUT2D eigenvalue weighted by molar-refractivity contribution is 5.86. The summed E-state index contributed by atoms with van der Waals surface area (Å²) < 4.78 is 0. The normalized spacial score (nSPS) is 17.2. The van der Waals surface area contributed by atoms with Crippen molar-refractivity contribution in [2.45, 2.75) is 44.1 Å². The number of nitrogens with two attached hydrogens (primary N) is 1. The minimum atomic E-state index is -0.626. The molecule has 2 aromatic rings. The van der Waals surface area contributed by atoms with Gasteiger partial charge in [-0.25, -0.2) is 4.98 Å². The summed E-state index contributed by atoms with van der Waals surface area (Å²) in [4.78, 5) is 19.9. The summed E-state index contributed by atoms with van der Waals surface area (Å²) in [7, 11) is 0. The maximum atomic E-state index is 12.1. The Hall–Kier alpha value is -1.88. The molecule has 0 bridgehead atoms. The molecule has 1 saturated carbocycles. The van der Waals surface area contributed by atoms with E-state index in [9.17, 15) is 4.79 Å². The molecule has 0 radical (unpaired) electrons. The monoisotopic (exact) mass is 286 g/mol. The number of aromatic amines is 1. The van der Waals surface area contributed by atoms with Crippen molar-refractivity contribution < 1.29 is 4.79 Å². The molecule has 1 aromatic carbocycles. The van der Waals surface area contributed by atoms with Crippen LogP contribution in [-0.2, 0) is 11.2 Å². The summed E-state index contributed by atoms with van der Waals surface area (Å²) in [5, 5.41) is 2.96. The summed E-state index contributed by atoms with van der Waals surface area (Å²) in [5.41, 5.74) is 7.54. The molecule has 1 aliphatic carbocycles. The first kappa shape index (κ1) is 14.1. The van der Waals surface area contributed by atoms with Crippen molar-refractivity contribution in [1.82, 2.24) is 15.3 Å². The van der Waals surface area contributed by atoms with Gasteiger partial charge < -0.3 is 16.0 Å². The van der Waals surface area contributed by atoms with Gasteiger partial charge in [-0.2, -0.15) is 0 Å². The van der Waals surface area contributed by atoms with Gasteiger partial charge in [0.1, 0.15) is 5.82 Å². The van der Waals surface area contributed by atoms with Crippen molar-refractivity contribution in [3.05, 3.63) is 30.1 Å². The zero-order valence-corrected chi connectivity index (χ0v) is 12.2. The number of carbonyl (C=O) groups excluding carboxylic acids is 1. The number of benzene rings is 1. The van der Waals surface area contributed by atoms with Crippen LogP contribution in [0.25, 0.3) is 11.0 Å². The highest BCUT2D eigenvalue weighted by Crippen LogP contribution is 2.27. The smallest absolute Gasteiger partial charge is 0.240 e. The van der Waals surface area contributed by atoms with E-state index in [2.05, 4.69) is 15.3 Å². The quantitative estimate of drug-likeness (QED) is 0.734. The van der Waals surface area contributed by atoms with E-state index < -0.39 is 5.54 Å². The predicted octanol–water partition coefficient (Wildman–Crippen LogP) is 1.88. The maximum Gasteiger partial charge on any atom is 0.240 e. The molecule has 4 N–H and O–H groups in total. The van der Waals surface area contributed by atoms with Gasteiger partial charge in [-0.05, 0) is 31.4 Å². The van der Waals surface area contributed by atoms with Gasteiger partial charge in [-0.15, -0.1) is 0 Å². The molecular formula is C16H22N4O. The van der Waals surface area contributed by atoms with Crippen LogP contribution in [0.2, 0.25) is 0 Å². The Balaban J connectivity index is 1.47. The van der Waals surface area contributed by atoms with Crippen molar-refractivity contribution in [2.75, 3.05) is 6.54 Å². The van der Waals surface area contributed by atoms with Gasteiger partial charge >= 0.3 is 0 Å². The fourth-order valence-corrected chi connectivity index (χ4v) is 2.99. The Labute approximate surface area is 124 Å². The molecule has 3 rings (SSSR count). The SMILES string of the molecule is NC1(C(=O)NCCCc2nc3ccccc3[nH]2)CCCC1. The van der Waals surface area contributed by atoms with E-state index in [-0.39, 0.29) is 5.91 Å². The summed E-state index contributed by atoms with van der Waals surface area (Å²) in [5.74, 6) is 0.971. The summed E-state index contributed by atoms with van der Waals surface area (Å²) >= 11 is 0. The molecule has 0 saturated heterocycles. The van der Waals surface area contributed by atoms with Crippen molar-refractivity contribution in [3.8, 4) is 0 Å². The number of nitrogens with one attached hydrogen (secondary N) is 2. The fraction of sp³-hybridized carbons (Fsp3) is 0.500. The van der Waals surface area contributed by atoms with Crippen LogP contribution in [0, 0.1) is 0 Å². The van der Waals surface area contributed by atoms with Crippen molar-refractivity contribution in [1.29, 1.82) is 0 Å². The van der Waals surface area contributed by atoms with Gasteiger partial charge in [0, 0.05) is 13.0 Å². The molecular weight excluding hydrogens is 264 g/mol. The zero-order chi connectivity index (χ0) is 14.7. The number of aromatic nitrogens is 2. The second kappa shape index (κ2) is 5.85. The van der Waals surface area contributed by atoms with E-state index in [1.165, 1.54) is 0 Å². The first-order valence-electron chi connectivity index (χ1n) is 7.68. The molecule has 0 atom stereocenters. The Morgan fingerprint density at radius 1 is 1.33 bits per heavy atom. The Bertz CT molecular complexity index is 595. The van der Waals surface area contributed by atoms with Crippen LogP contribution in [-0.4, -0.2) is 28.0 Å². The lowest BCUT2D eigenvalue weighted by Gasteiger charge is -2.22. The van der Waals surface area contributed by atoms with E-state index in [1.807, 2.05) is 24.3 Å². The molecule has 5 heteroatoms. The van der Waals surface area contributed by atoms with Gasteiger partial charge in [0.25, 0.3) is 0 Å². The Kier molecular flexibility index (Phi) is 3.92. The van der Waals surface area contributed by atoms with Crippen molar-refractivity contribution in [3.63, 3.8) is 0 Å². The first-order valence-corrected chi connectivity index (χ1v) is 7.68. The van der Waals surface area contributed by atoms with E-state index in [0.29, 0.717) is 6.54 Å². The molecule has 1 heterocycles. The summed E-state index contributed by atoms with van der Waals surface area (Å²) in [6.07, 6.45) is 5.42. The van der Waals surface area contributed by atoms with Crippen LogP contribution in [0.15, 0.2) is 24.3 Å². The van der Waals surface area contributed by atoms with Crippen LogP contribution >= 0.6 is 0 Å². The average Bonchev–Trinajstić information content (AvgIpc) is 3.10. The summed E-state index contributed by atoms with van der Waals surface area (Å²) in [6, 6.07) is 7.99. The second-order valence-electron chi connectivity index (χ2n) is 5.92. The lowest BCUT2D eigenvalue weighted by atomic mass is 9.98. The number of para-hydroxylation sites is 2. The van der Waals surface area contributed by atoms with Crippen molar-refractivity contribution in [2.24, 2.45) is 5.73 Å². The predicted molar refractivity (Wildman–Crippen MR) is 82.8 cm³/mol. The zero-order valence-electron chi connectivity index (χ0n) is 12.2. The van der Waals surface area contributed by atoms with Gasteiger partial charge in [0.2, 0.25) is 5.91 Å². The van der Waals surface area contributed by atoms with Gasteiger partial charge in [-0.1, -0.05) is 25.0 Å². The van der Waals surface area contributed by atoms with Crippen LogP contribution in [0.1, 0.15) is 37.9 Å². The first-order chi connectivity index (χ1) is 10.2. The van der Waals surface area contributed by atoms with E-state index in [1.54, 1.807) is 0 Å². The third-order valence-corrected chi connectivity index (χ3v) is 4.26. The highest BCUT2D eigenvalue weighted by Gasteiger charge is 2.36. The number of rotatable bonds is 5. The van der Waals surface area contributed by atoms with E-state index >= 15 is 0 Å². The minimum Gasteiger partial charge on any atom is -0.354 e. The van der Waals surface area contributed by atoms with Gasteiger partial charge in [0.05, 0.1) is 16.6 Å². The molecule has 5 nitrogen and oxygen atoms in total.